The number of carbonyl (C=O) groups is 1. The van der Waals surface area contributed by atoms with E-state index in [1.54, 1.807) is 0 Å². The molecule has 0 unspecified atom stereocenters. The van der Waals surface area contributed by atoms with Crippen molar-refractivity contribution in [3.05, 3.63) is 83.6 Å². The second-order valence-electron chi connectivity index (χ2n) is 16.6. The summed E-state index contributed by atoms with van der Waals surface area (Å²) in [7, 11) is 1.01. The van der Waals surface area contributed by atoms with Gasteiger partial charge in [-0.2, -0.15) is 5.10 Å². The molecule has 3 aromatic carbocycles. The van der Waals surface area contributed by atoms with Gasteiger partial charge in [-0.05, 0) is 86.5 Å². The minimum absolute atomic E-state index is 0.220. The molecule has 0 radical (unpaired) electrons. The fourth-order valence-electron chi connectivity index (χ4n) is 6.65. The molecule has 0 aliphatic carbocycles. The van der Waals surface area contributed by atoms with Crippen LogP contribution in [0.4, 0.5) is 10.5 Å². The average molecular weight is 723 g/mol. The van der Waals surface area contributed by atoms with E-state index in [1.165, 1.54) is 16.8 Å². The Bertz CT molecular complexity index is 1810. The number of piperazine rings is 2. The number of hydrogen-bond donors (Lipinski definition) is 0. The van der Waals surface area contributed by atoms with E-state index in [2.05, 4.69) is 120 Å². The van der Waals surface area contributed by atoms with E-state index in [1.807, 2.05) is 30.4 Å². The highest BCUT2D eigenvalue weighted by molar-refractivity contribution is 6.76. The number of aromatic nitrogens is 2. The molecular formula is C42H58N6O3Si. The summed E-state index contributed by atoms with van der Waals surface area (Å²) in [5.74, 6) is 0. The van der Waals surface area contributed by atoms with Crippen LogP contribution in [0, 0.1) is 0 Å². The second-order valence-corrected chi connectivity index (χ2v) is 22.2. The third-order valence-corrected chi connectivity index (χ3v) is 11.6. The van der Waals surface area contributed by atoms with Crippen molar-refractivity contribution in [2.75, 3.05) is 70.9 Å². The molecule has 0 bridgehead atoms. The maximum atomic E-state index is 12.5. The summed E-state index contributed by atoms with van der Waals surface area (Å²) in [5, 5.41) is 6.16. The number of rotatable bonds is 11. The van der Waals surface area contributed by atoms with Crippen LogP contribution in [0.1, 0.15) is 37.6 Å². The van der Waals surface area contributed by atoms with Gasteiger partial charge in [-0.3, -0.25) is 4.90 Å². The number of ether oxygens (including phenoxy) is 2. The van der Waals surface area contributed by atoms with Crippen molar-refractivity contribution in [3.63, 3.8) is 0 Å². The maximum Gasteiger partial charge on any atom is 0.410 e. The van der Waals surface area contributed by atoms with Crippen molar-refractivity contribution in [1.82, 2.24) is 24.5 Å². The van der Waals surface area contributed by atoms with Gasteiger partial charge in [0.1, 0.15) is 12.3 Å². The van der Waals surface area contributed by atoms with Crippen LogP contribution < -0.4 is 4.90 Å². The normalized spacial score (nSPS) is 16.7. The molecule has 1 aromatic heterocycles. The summed E-state index contributed by atoms with van der Waals surface area (Å²) in [5.41, 5.74) is 7.58. The van der Waals surface area contributed by atoms with Crippen LogP contribution in [-0.2, 0) is 22.7 Å². The molecule has 52 heavy (non-hydrogen) atoms. The number of anilines is 1. The topological polar surface area (TPSA) is 66.3 Å². The van der Waals surface area contributed by atoms with Gasteiger partial charge in [0.15, 0.2) is 0 Å². The van der Waals surface area contributed by atoms with Gasteiger partial charge in [-0.15, -0.1) is 0 Å². The predicted molar refractivity (Wildman–Crippen MR) is 217 cm³/mol. The summed E-state index contributed by atoms with van der Waals surface area (Å²) in [6, 6.07) is 25.5. The molecule has 278 valence electrons. The molecule has 3 heterocycles. The van der Waals surface area contributed by atoms with Crippen LogP contribution in [0.2, 0.25) is 25.7 Å². The Kier molecular flexibility index (Phi) is 11.9. The number of nitrogens with zero attached hydrogens (tertiary/aromatic N) is 6. The number of benzene rings is 3. The summed E-state index contributed by atoms with van der Waals surface area (Å²) in [4.78, 5) is 21.6. The van der Waals surface area contributed by atoms with Crippen LogP contribution in [-0.4, -0.2) is 110 Å². The van der Waals surface area contributed by atoms with E-state index < -0.39 is 13.7 Å². The van der Waals surface area contributed by atoms with Crippen LogP contribution in [0.15, 0.2) is 66.7 Å². The lowest BCUT2D eigenvalue weighted by Gasteiger charge is -2.35. The Labute approximate surface area is 311 Å². The largest absolute Gasteiger partial charge is 0.444 e. The zero-order chi connectivity index (χ0) is 36.9. The molecule has 2 saturated heterocycles. The van der Waals surface area contributed by atoms with E-state index in [4.69, 9.17) is 14.6 Å². The quantitative estimate of drug-likeness (QED) is 0.115. The average Bonchev–Trinajstić information content (AvgIpc) is 3.46. The number of fused-ring (bicyclic) bond motifs is 1. The molecular weight excluding hydrogens is 665 g/mol. The first-order valence-electron chi connectivity index (χ1n) is 18.9. The van der Waals surface area contributed by atoms with Crippen LogP contribution >= 0.6 is 0 Å². The molecule has 10 heteroatoms. The summed E-state index contributed by atoms with van der Waals surface area (Å²) < 4.78 is 13.7. The van der Waals surface area contributed by atoms with Gasteiger partial charge in [0.2, 0.25) is 0 Å². The van der Waals surface area contributed by atoms with E-state index in [0.717, 1.165) is 86.2 Å². The molecule has 4 aromatic rings. The van der Waals surface area contributed by atoms with Crippen LogP contribution in [0.3, 0.4) is 0 Å². The Morgan fingerprint density at radius 3 is 2.15 bits per heavy atom. The van der Waals surface area contributed by atoms with Gasteiger partial charge in [-0.25, -0.2) is 9.48 Å². The molecule has 0 atom stereocenters. The zero-order valence-corrected chi connectivity index (χ0v) is 33.4. The molecule has 1 amide bonds. The number of likely N-dealkylation sites (N-methyl/N-ethyl adjacent to an activating group) is 1. The van der Waals surface area contributed by atoms with Gasteiger partial charge < -0.3 is 24.2 Å². The minimum atomic E-state index is -1.18. The Hall–Kier alpha value is -3.96. The smallest absolute Gasteiger partial charge is 0.410 e. The standard InChI is InChI=1S/C42H58N6O3Si/c1-42(2,3)51-41(49)47-26-22-45(23-27-47)31-34-8-13-35(14-9-34)36-15-19-40-38(30-36)39(43-48(40)32-50-28-29-52(5,6)7)18-12-33-10-16-37(17-11-33)46-24-20-44(4)21-25-46/h8-19,30H,20-29,31-32H2,1-7H3/b18-12+. The fraction of sp³-hybridized carbons (Fsp3) is 0.476. The minimum Gasteiger partial charge on any atom is -0.444 e. The lowest BCUT2D eigenvalue weighted by atomic mass is 10.0. The van der Waals surface area contributed by atoms with Gasteiger partial charge in [0, 0.05) is 84.7 Å². The monoisotopic (exact) mass is 722 g/mol. The molecule has 0 spiro atoms. The van der Waals surface area contributed by atoms with Gasteiger partial charge in [0.25, 0.3) is 0 Å². The first-order chi connectivity index (χ1) is 24.8. The molecule has 6 rings (SSSR count). The Morgan fingerprint density at radius 1 is 0.827 bits per heavy atom. The first kappa shape index (κ1) is 37.8. The van der Waals surface area contributed by atoms with E-state index in [-0.39, 0.29) is 6.09 Å². The maximum absolute atomic E-state index is 12.5. The van der Waals surface area contributed by atoms with Gasteiger partial charge in [-0.1, -0.05) is 68.2 Å². The van der Waals surface area contributed by atoms with Crippen molar-refractivity contribution in [2.45, 2.75) is 65.3 Å². The van der Waals surface area contributed by atoms with Crippen LogP contribution in [0.25, 0.3) is 34.2 Å². The summed E-state index contributed by atoms with van der Waals surface area (Å²) in [6.07, 6.45) is 4.09. The highest BCUT2D eigenvalue weighted by atomic mass is 28.3. The number of hydrogen-bond acceptors (Lipinski definition) is 7. The lowest BCUT2D eigenvalue weighted by molar-refractivity contribution is 0.0139. The molecule has 0 N–H and O–H groups in total. The predicted octanol–water partition coefficient (Wildman–Crippen LogP) is 7.99. The first-order valence-corrected chi connectivity index (χ1v) is 22.6. The van der Waals surface area contributed by atoms with Crippen LogP contribution in [0.5, 0.6) is 0 Å². The zero-order valence-electron chi connectivity index (χ0n) is 32.4. The molecule has 2 fully saturated rings. The SMILES string of the molecule is CN1CCN(c2ccc(/C=C/c3nn(COCC[Si](C)(C)C)c4ccc(-c5ccc(CN6CCN(C(=O)OC(C)(C)C)CC6)cc5)cc34)cc2)CC1. The van der Waals surface area contributed by atoms with Crippen molar-refractivity contribution in [2.24, 2.45) is 0 Å². The Morgan fingerprint density at radius 2 is 1.50 bits per heavy atom. The van der Waals surface area contributed by atoms with Crippen molar-refractivity contribution < 1.29 is 14.3 Å². The molecule has 9 nitrogen and oxygen atoms in total. The molecule has 2 aliphatic heterocycles. The lowest BCUT2D eigenvalue weighted by Crippen LogP contribution is -2.49. The van der Waals surface area contributed by atoms with Gasteiger partial charge >= 0.3 is 6.09 Å². The molecule has 0 saturated carbocycles. The third-order valence-electron chi connectivity index (χ3n) is 9.90. The highest BCUT2D eigenvalue weighted by Crippen LogP contribution is 2.29. The van der Waals surface area contributed by atoms with E-state index >= 15 is 0 Å². The summed E-state index contributed by atoms with van der Waals surface area (Å²) >= 11 is 0. The van der Waals surface area contributed by atoms with Crippen molar-refractivity contribution in [1.29, 1.82) is 0 Å². The summed E-state index contributed by atoms with van der Waals surface area (Å²) in [6.45, 7) is 22.3. The Balaban J connectivity index is 1.15. The third kappa shape index (κ3) is 10.3. The van der Waals surface area contributed by atoms with E-state index in [0.29, 0.717) is 19.8 Å². The molecule has 2 aliphatic rings. The number of carbonyl (C=O) groups excluding carboxylic acids is 1. The van der Waals surface area contributed by atoms with Crippen molar-refractivity contribution >= 4 is 42.9 Å². The number of amides is 1. The second kappa shape index (κ2) is 16.4. The van der Waals surface area contributed by atoms with E-state index in [9.17, 15) is 4.79 Å². The van der Waals surface area contributed by atoms with Crippen molar-refractivity contribution in [3.8, 4) is 11.1 Å². The highest BCUT2D eigenvalue weighted by Gasteiger charge is 2.26. The fourth-order valence-corrected chi connectivity index (χ4v) is 7.40. The van der Waals surface area contributed by atoms with Gasteiger partial charge in [0.05, 0.1) is 11.2 Å².